The summed E-state index contributed by atoms with van der Waals surface area (Å²) in [5.74, 6) is 0.139. The van der Waals surface area contributed by atoms with Gasteiger partial charge >= 0.3 is 0 Å². The third-order valence-corrected chi connectivity index (χ3v) is 10.4. The predicted octanol–water partition coefficient (Wildman–Crippen LogP) is 4.59. The molecule has 42 heavy (non-hydrogen) atoms. The third kappa shape index (κ3) is 6.19. The molecule has 2 fully saturated rings. The summed E-state index contributed by atoms with van der Waals surface area (Å²) in [5, 5.41) is 15.4. The fourth-order valence-corrected chi connectivity index (χ4v) is 6.95. The number of halogens is 3. The van der Waals surface area contributed by atoms with Gasteiger partial charge in [0.15, 0.2) is 0 Å². The van der Waals surface area contributed by atoms with Crippen LogP contribution in [0.1, 0.15) is 58.3 Å². The van der Waals surface area contributed by atoms with E-state index in [2.05, 4.69) is 5.32 Å². The molecule has 2 aromatic carbocycles. The van der Waals surface area contributed by atoms with Gasteiger partial charge in [-0.3, -0.25) is 14.6 Å². The van der Waals surface area contributed by atoms with Crippen LogP contribution in [0.5, 0.6) is 0 Å². The van der Waals surface area contributed by atoms with Gasteiger partial charge in [-0.2, -0.15) is 0 Å². The van der Waals surface area contributed by atoms with Crippen LogP contribution in [0.15, 0.2) is 40.7 Å². The van der Waals surface area contributed by atoms with E-state index in [1.54, 1.807) is 40.6 Å². The van der Waals surface area contributed by atoms with Crippen molar-refractivity contribution >= 4 is 57.9 Å². The molecule has 0 radical (unpaired) electrons. The number of benzene rings is 2. The van der Waals surface area contributed by atoms with Gasteiger partial charge in [0, 0.05) is 42.7 Å². The van der Waals surface area contributed by atoms with Crippen molar-refractivity contribution in [1.29, 1.82) is 0 Å². The zero-order valence-electron chi connectivity index (χ0n) is 23.5. The number of amides is 2. The molecule has 3 heterocycles. The normalized spacial score (nSPS) is 21.0. The number of alkyl halides is 1. The van der Waals surface area contributed by atoms with Gasteiger partial charge < -0.3 is 15.3 Å². The number of rotatable bonds is 6. The molecule has 224 valence electrons. The largest absolute Gasteiger partial charge is 0.387 e. The van der Waals surface area contributed by atoms with Gasteiger partial charge in [-0.25, -0.2) is 12.9 Å². The molecule has 5 rings (SSSR count). The van der Waals surface area contributed by atoms with E-state index in [0.29, 0.717) is 66.0 Å². The number of aliphatic hydroxyl groups is 1. The van der Waals surface area contributed by atoms with Crippen molar-refractivity contribution in [3.8, 4) is 0 Å². The van der Waals surface area contributed by atoms with Crippen molar-refractivity contribution in [1.82, 2.24) is 14.5 Å². The first-order chi connectivity index (χ1) is 19.9. The van der Waals surface area contributed by atoms with E-state index >= 15 is 0 Å². The Labute approximate surface area is 257 Å². The van der Waals surface area contributed by atoms with E-state index in [0.717, 1.165) is 16.7 Å². The molecule has 1 spiro atoms. The minimum absolute atomic E-state index is 0.149. The number of carbonyl (C=O) groups is 2. The van der Waals surface area contributed by atoms with Crippen LogP contribution in [0.2, 0.25) is 10.0 Å². The van der Waals surface area contributed by atoms with Gasteiger partial charge in [0.25, 0.3) is 11.8 Å². The lowest BCUT2D eigenvalue weighted by atomic mass is 9.89. The Bertz CT molecular complexity index is 1480. The topological polar surface area (TPSA) is 102 Å². The Morgan fingerprint density at radius 1 is 1.07 bits per heavy atom. The second-order valence-electron chi connectivity index (χ2n) is 11.3. The molecule has 0 aromatic heterocycles. The molecule has 3 aliphatic heterocycles. The smallest absolute Gasteiger partial charge is 0.253 e. The second-order valence-corrected chi connectivity index (χ2v) is 13.4. The maximum atomic E-state index is 13.2. The minimum Gasteiger partial charge on any atom is -0.387 e. The Morgan fingerprint density at radius 3 is 2.31 bits per heavy atom. The standard InChI is InChI=1S/C30H33Cl2FN4O4S/c1-19-15-22(27(38)36-10-6-29(40,18-33)7-11-36)16-20(2)23(19)5-14-42(41)37-12-8-30(9-13-37)28(39)34-26(35-30)21-3-4-24(31)25(32)17-21/h3-5,14-17,40H,6-13,18H2,1-2H3,(H,34,35,39)/b14-5+. The molecule has 2 amide bonds. The van der Waals surface area contributed by atoms with Gasteiger partial charge in [0.1, 0.15) is 29.0 Å². The fourth-order valence-electron chi connectivity index (χ4n) is 5.69. The number of aliphatic imine (C=N–C) groups is 1. The molecule has 2 N–H and O–H groups in total. The van der Waals surface area contributed by atoms with Crippen molar-refractivity contribution in [2.75, 3.05) is 32.9 Å². The SMILES string of the molecule is Cc1cc(C(=O)N2CCC(O)(CF)CC2)cc(C)c1/C=C/S(=O)N1CCC2(CC1)N=C(c1ccc(Cl)c(Cl)c1)NC2=O. The first-order valence-corrected chi connectivity index (χ1v) is 15.8. The summed E-state index contributed by atoms with van der Waals surface area (Å²) < 4.78 is 28.1. The lowest BCUT2D eigenvalue weighted by Gasteiger charge is -2.36. The number of amidine groups is 1. The van der Waals surface area contributed by atoms with E-state index in [1.165, 1.54) is 0 Å². The number of carbonyl (C=O) groups excluding carboxylic acids is 2. The number of nitrogens with one attached hydrogen (secondary N) is 1. The number of hydrogen-bond donors (Lipinski definition) is 2. The number of hydrogen-bond acceptors (Lipinski definition) is 5. The maximum Gasteiger partial charge on any atom is 0.253 e. The van der Waals surface area contributed by atoms with Crippen LogP contribution >= 0.6 is 23.2 Å². The molecule has 1 unspecified atom stereocenters. The van der Waals surface area contributed by atoms with E-state index in [1.807, 2.05) is 24.2 Å². The van der Waals surface area contributed by atoms with Crippen LogP contribution < -0.4 is 5.32 Å². The lowest BCUT2D eigenvalue weighted by Crippen LogP contribution is -2.49. The molecule has 0 aliphatic carbocycles. The highest BCUT2D eigenvalue weighted by atomic mass is 35.5. The van der Waals surface area contributed by atoms with Gasteiger partial charge in [0.2, 0.25) is 0 Å². The second kappa shape index (κ2) is 12.2. The van der Waals surface area contributed by atoms with Crippen LogP contribution in [0, 0.1) is 13.8 Å². The number of nitrogens with zero attached hydrogens (tertiary/aromatic N) is 3. The number of likely N-dealkylation sites (tertiary alicyclic amines) is 1. The van der Waals surface area contributed by atoms with E-state index < -0.39 is 28.8 Å². The molecule has 0 saturated carbocycles. The average molecular weight is 636 g/mol. The Morgan fingerprint density at radius 2 is 1.71 bits per heavy atom. The van der Waals surface area contributed by atoms with E-state index in [4.69, 9.17) is 28.2 Å². The predicted molar refractivity (Wildman–Crippen MR) is 164 cm³/mol. The quantitative estimate of drug-likeness (QED) is 0.485. The van der Waals surface area contributed by atoms with Crippen LogP contribution in [-0.2, 0) is 15.8 Å². The summed E-state index contributed by atoms with van der Waals surface area (Å²) >= 11 is 12.2. The molecule has 2 saturated heterocycles. The molecule has 0 bridgehead atoms. The highest BCUT2D eigenvalue weighted by Gasteiger charge is 2.46. The average Bonchev–Trinajstić information content (AvgIpc) is 3.29. The van der Waals surface area contributed by atoms with Gasteiger partial charge in [-0.05, 0) is 92.6 Å². The molecule has 12 heteroatoms. The Balaban J connectivity index is 1.21. The van der Waals surface area contributed by atoms with Crippen molar-refractivity contribution < 1.29 is 23.3 Å². The molecular weight excluding hydrogens is 602 g/mol. The summed E-state index contributed by atoms with van der Waals surface area (Å²) in [6, 6.07) is 8.71. The molecular formula is C30H33Cl2FN4O4S. The summed E-state index contributed by atoms with van der Waals surface area (Å²) in [6.45, 7) is 4.47. The summed E-state index contributed by atoms with van der Waals surface area (Å²) in [5.41, 5.74) is 1.59. The third-order valence-electron chi connectivity index (χ3n) is 8.40. The van der Waals surface area contributed by atoms with Gasteiger partial charge in [-0.15, -0.1) is 0 Å². The zero-order chi connectivity index (χ0) is 30.2. The fraction of sp³-hybridized carbons (Fsp3) is 0.433. The van der Waals surface area contributed by atoms with Crippen LogP contribution in [0.4, 0.5) is 4.39 Å². The van der Waals surface area contributed by atoms with Crippen molar-refractivity contribution in [2.45, 2.75) is 50.7 Å². The molecule has 8 nitrogen and oxygen atoms in total. The Hall–Kier alpha value is -2.63. The minimum atomic E-state index is -1.42. The summed E-state index contributed by atoms with van der Waals surface area (Å²) in [7, 11) is -1.42. The molecule has 1 atom stereocenters. The van der Waals surface area contributed by atoms with Gasteiger partial charge in [0.05, 0.1) is 15.6 Å². The monoisotopic (exact) mass is 634 g/mol. The highest BCUT2D eigenvalue weighted by Crippen LogP contribution is 2.33. The molecule has 2 aromatic rings. The lowest BCUT2D eigenvalue weighted by molar-refractivity contribution is -0.124. The Kier molecular flexibility index (Phi) is 8.93. The van der Waals surface area contributed by atoms with Crippen LogP contribution in [0.25, 0.3) is 6.08 Å². The van der Waals surface area contributed by atoms with Gasteiger partial charge in [-0.1, -0.05) is 23.2 Å². The van der Waals surface area contributed by atoms with E-state index in [-0.39, 0.29) is 24.7 Å². The number of aryl methyl sites for hydroxylation is 2. The van der Waals surface area contributed by atoms with E-state index in [9.17, 15) is 23.3 Å². The first-order valence-electron chi connectivity index (χ1n) is 13.8. The maximum absolute atomic E-state index is 13.2. The zero-order valence-corrected chi connectivity index (χ0v) is 25.8. The summed E-state index contributed by atoms with van der Waals surface area (Å²) in [4.78, 5) is 32.4. The first kappa shape index (κ1) is 30.8. The van der Waals surface area contributed by atoms with Crippen molar-refractivity contribution in [2.24, 2.45) is 4.99 Å². The van der Waals surface area contributed by atoms with Crippen LogP contribution in [0.3, 0.4) is 0 Å². The summed E-state index contributed by atoms with van der Waals surface area (Å²) in [6.07, 6.45) is 3.10. The highest BCUT2D eigenvalue weighted by molar-refractivity contribution is 7.85. The number of piperidine rings is 2. The molecule has 3 aliphatic rings. The van der Waals surface area contributed by atoms with Crippen molar-refractivity contribution in [3.05, 3.63) is 73.6 Å². The van der Waals surface area contributed by atoms with Crippen LogP contribution in [-0.4, -0.2) is 80.2 Å². The van der Waals surface area contributed by atoms with Crippen molar-refractivity contribution in [3.63, 3.8) is 0 Å².